The maximum Gasteiger partial charge on any atom is 0.222 e. The lowest BCUT2D eigenvalue weighted by molar-refractivity contribution is 0.891. The van der Waals surface area contributed by atoms with E-state index in [2.05, 4.69) is 40.3 Å². The molecule has 1 aromatic heterocycles. The third kappa shape index (κ3) is 2.85. The molecule has 3 heteroatoms. The largest absolute Gasteiger partial charge is 0.223 e. The Morgan fingerprint density at radius 2 is 2.05 bits per heavy atom. The maximum absolute atomic E-state index is 5.88. The van der Waals surface area contributed by atoms with Gasteiger partial charge in [0.25, 0.3) is 0 Å². The summed E-state index contributed by atoms with van der Waals surface area (Å²) in [4.78, 5) is 8.34. The molecule has 1 heterocycles. The van der Waals surface area contributed by atoms with Crippen molar-refractivity contribution in [2.75, 3.05) is 0 Å². The third-order valence-electron chi connectivity index (χ3n) is 3.40. The highest BCUT2D eigenvalue weighted by molar-refractivity contribution is 6.28. The lowest BCUT2D eigenvalue weighted by atomic mass is 10.0. The van der Waals surface area contributed by atoms with Crippen LogP contribution in [-0.2, 0) is 19.3 Å². The van der Waals surface area contributed by atoms with E-state index in [4.69, 9.17) is 11.6 Å². The summed E-state index contributed by atoms with van der Waals surface area (Å²) in [7, 11) is 0. The van der Waals surface area contributed by atoms with Crippen molar-refractivity contribution < 1.29 is 0 Å². The minimum Gasteiger partial charge on any atom is -0.223 e. The molecular formula is C16H15ClN2. The molecule has 19 heavy (non-hydrogen) atoms. The first-order valence-electron chi connectivity index (χ1n) is 6.49. The van der Waals surface area contributed by atoms with Crippen LogP contribution in [0.5, 0.6) is 0 Å². The minimum atomic E-state index is 0.340. The van der Waals surface area contributed by atoms with Gasteiger partial charge in [0, 0.05) is 11.4 Å². The van der Waals surface area contributed by atoms with E-state index in [1.54, 1.807) is 0 Å². The fraction of sp³-hybridized carbons (Fsp3) is 0.250. The van der Waals surface area contributed by atoms with Gasteiger partial charge in [-0.3, -0.25) is 0 Å². The van der Waals surface area contributed by atoms with Gasteiger partial charge >= 0.3 is 0 Å². The lowest BCUT2D eigenvalue weighted by Gasteiger charge is -2.05. The summed E-state index contributed by atoms with van der Waals surface area (Å²) in [6.45, 7) is 1.94. The van der Waals surface area contributed by atoms with E-state index in [0.29, 0.717) is 5.28 Å². The van der Waals surface area contributed by atoms with Crippen LogP contribution in [-0.4, -0.2) is 9.97 Å². The number of hydrogen-bond donors (Lipinski definition) is 0. The number of allylic oxidation sites excluding steroid dienone is 1. The molecule has 0 fully saturated rings. The van der Waals surface area contributed by atoms with E-state index >= 15 is 0 Å². The number of halogens is 1. The van der Waals surface area contributed by atoms with Crippen LogP contribution in [0.15, 0.2) is 30.3 Å². The highest BCUT2D eigenvalue weighted by Crippen LogP contribution is 2.21. The Kier molecular flexibility index (Phi) is 3.34. The van der Waals surface area contributed by atoms with Crippen LogP contribution in [0.3, 0.4) is 0 Å². The second-order valence-electron chi connectivity index (χ2n) is 4.91. The van der Waals surface area contributed by atoms with Gasteiger partial charge in [0.2, 0.25) is 5.28 Å². The quantitative estimate of drug-likeness (QED) is 0.793. The predicted molar refractivity (Wildman–Crippen MR) is 78.4 cm³/mol. The van der Waals surface area contributed by atoms with Gasteiger partial charge < -0.3 is 0 Å². The fourth-order valence-electron chi connectivity index (χ4n) is 2.45. The monoisotopic (exact) mass is 270 g/mol. The average molecular weight is 271 g/mol. The number of nitrogens with zero attached hydrogens (tertiary/aromatic N) is 2. The predicted octanol–water partition coefficient (Wildman–Crippen LogP) is 3.79. The van der Waals surface area contributed by atoms with Crippen LogP contribution in [0.25, 0.3) is 6.08 Å². The minimum absolute atomic E-state index is 0.340. The smallest absolute Gasteiger partial charge is 0.222 e. The van der Waals surface area contributed by atoms with Crippen molar-refractivity contribution in [1.29, 1.82) is 0 Å². The Morgan fingerprint density at radius 3 is 2.89 bits per heavy atom. The molecule has 1 aromatic carbocycles. The SMILES string of the molecule is Cc1cc(CCc2ccc3c(c2)C=CC3)nc(Cl)n1. The molecule has 1 aliphatic carbocycles. The van der Waals surface area contributed by atoms with E-state index in [0.717, 1.165) is 30.7 Å². The summed E-state index contributed by atoms with van der Waals surface area (Å²) < 4.78 is 0. The van der Waals surface area contributed by atoms with Crippen LogP contribution in [0.1, 0.15) is 28.1 Å². The number of aromatic nitrogens is 2. The van der Waals surface area contributed by atoms with Crippen molar-refractivity contribution in [2.45, 2.75) is 26.2 Å². The number of hydrogen-bond acceptors (Lipinski definition) is 2. The van der Waals surface area contributed by atoms with Crippen molar-refractivity contribution in [3.8, 4) is 0 Å². The fourth-order valence-corrected chi connectivity index (χ4v) is 2.69. The second kappa shape index (κ2) is 5.14. The summed E-state index contributed by atoms with van der Waals surface area (Å²) in [6.07, 6.45) is 7.35. The zero-order chi connectivity index (χ0) is 13.2. The molecule has 3 rings (SSSR count). The standard InChI is InChI=1S/C16H15ClN2/c1-11-9-15(19-16(17)18-11)8-6-12-5-7-13-3-2-4-14(13)10-12/h2,4-5,7,9-10H,3,6,8H2,1H3. The van der Waals surface area contributed by atoms with Gasteiger partial charge in [-0.15, -0.1) is 0 Å². The molecule has 0 bridgehead atoms. The van der Waals surface area contributed by atoms with Crippen molar-refractivity contribution in [3.63, 3.8) is 0 Å². The van der Waals surface area contributed by atoms with Gasteiger partial charge in [-0.25, -0.2) is 9.97 Å². The molecule has 0 spiro atoms. The molecule has 0 amide bonds. The molecule has 96 valence electrons. The summed E-state index contributed by atoms with van der Waals surface area (Å²) in [5.74, 6) is 0. The van der Waals surface area contributed by atoms with E-state index < -0.39 is 0 Å². The number of aryl methyl sites for hydroxylation is 3. The van der Waals surface area contributed by atoms with Gasteiger partial charge in [0.05, 0.1) is 0 Å². The first kappa shape index (κ1) is 12.4. The molecule has 0 radical (unpaired) electrons. The Morgan fingerprint density at radius 1 is 1.16 bits per heavy atom. The number of fused-ring (bicyclic) bond motifs is 1. The summed E-state index contributed by atoms with van der Waals surface area (Å²) in [6, 6.07) is 8.71. The van der Waals surface area contributed by atoms with E-state index in [-0.39, 0.29) is 0 Å². The molecule has 2 nitrogen and oxygen atoms in total. The molecule has 0 saturated heterocycles. The second-order valence-corrected chi connectivity index (χ2v) is 5.25. The van der Waals surface area contributed by atoms with Crippen molar-refractivity contribution >= 4 is 17.7 Å². The third-order valence-corrected chi connectivity index (χ3v) is 3.56. The molecule has 2 aromatic rings. The van der Waals surface area contributed by atoms with Gasteiger partial charge in [0.15, 0.2) is 0 Å². The molecule has 0 aliphatic heterocycles. The summed E-state index contributed by atoms with van der Waals surface area (Å²) in [5, 5.41) is 0.340. The Bertz CT molecular complexity index is 627. The zero-order valence-corrected chi connectivity index (χ0v) is 11.6. The molecule has 0 N–H and O–H groups in total. The van der Waals surface area contributed by atoms with Crippen LogP contribution in [0.4, 0.5) is 0 Å². The van der Waals surface area contributed by atoms with Crippen molar-refractivity contribution in [1.82, 2.24) is 9.97 Å². The number of rotatable bonds is 3. The van der Waals surface area contributed by atoms with Gasteiger partial charge in [-0.05, 0) is 60.5 Å². The molecule has 0 saturated carbocycles. The highest BCUT2D eigenvalue weighted by Gasteiger charge is 2.06. The first-order chi connectivity index (χ1) is 9.20. The van der Waals surface area contributed by atoms with Crippen LogP contribution < -0.4 is 0 Å². The van der Waals surface area contributed by atoms with E-state index in [1.807, 2.05) is 13.0 Å². The Balaban J connectivity index is 1.73. The van der Waals surface area contributed by atoms with E-state index in [1.165, 1.54) is 16.7 Å². The van der Waals surface area contributed by atoms with Crippen LogP contribution >= 0.6 is 11.6 Å². The van der Waals surface area contributed by atoms with Crippen LogP contribution in [0.2, 0.25) is 5.28 Å². The number of benzene rings is 1. The van der Waals surface area contributed by atoms with Crippen LogP contribution in [0, 0.1) is 6.92 Å². The Hall–Kier alpha value is -1.67. The maximum atomic E-state index is 5.88. The molecular weight excluding hydrogens is 256 g/mol. The van der Waals surface area contributed by atoms with Gasteiger partial charge in [-0.1, -0.05) is 30.4 Å². The van der Waals surface area contributed by atoms with Gasteiger partial charge in [0.1, 0.15) is 0 Å². The normalized spacial score (nSPS) is 12.7. The average Bonchev–Trinajstić information content (AvgIpc) is 2.82. The van der Waals surface area contributed by atoms with E-state index in [9.17, 15) is 0 Å². The van der Waals surface area contributed by atoms with Crippen molar-refractivity contribution in [2.24, 2.45) is 0 Å². The van der Waals surface area contributed by atoms with Gasteiger partial charge in [-0.2, -0.15) is 0 Å². The highest BCUT2D eigenvalue weighted by atomic mass is 35.5. The molecule has 0 atom stereocenters. The van der Waals surface area contributed by atoms with Crippen molar-refractivity contribution in [3.05, 3.63) is 63.7 Å². The summed E-state index contributed by atoms with van der Waals surface area (Å²) >= 11 is 5.88. The zero-order valence-electron chi connectivity index (χ0n) is 10.9. The summed E-state index contributed by atoms with van der Waals surface area (Å²) in [5.41, 5.74) is 6.05. The lowest BCUT2D eigenvalue weighted by Crippen LogP contribution is -1.98. The molecule has 0 unspecified atom stereocenters. The first-order valence-corrected chi connectivity index (χ1v) is 6.87. The Labute approximate surface area is 118 Å². The topological polar surface area (TPSA) is 25.8 Å². The molecule has 1 aliphatic rings.